The molecule has 9 heteroatoms. The molecule has 2 saturated heterocycles. The average Bonchev–Trinajstić information content (AvgIpc) is 3.33. The lowest BCUT2D eigenvalue weighted by Crippen LogP contribution is -2.46. The Morgan fingerprint density at radius 1 is 1.10 bits per heavy atom. The van der Waals surface area contributed by atoms with Gasteiger partial charge in [-0.1, -0.05) is 13.0 Å². The summed E-state index contributed by atoms with van der Waals surface area (Å²) in [5, 5.41) is 9.22. The van der Waals surface area contributed by atoms with Crippen LogP contribution in [0, 0.1) is 0 Å². The minimum absolute atomic E-state index is 0. The fraction of sp³-hybridized carbons (Fsp3) is 0.773. The van der Waals surface area contributed by atoms with Crippen LogP contribution in [-0.4, -0.2) is 106 Å². The van der Waals surface area contributed by atoms with E-state index in [1.54, 1.807) is 0 Å². The lowest BCUT2D eigenvalue weighted by Gasteiger charge is -2.34. The van der Waals surface area contributed by atoms with Crippen LogP contribution in [0.5, 0.6) is 0 Å². The highest BCUT2D eigenvalue weighted by Crippen LogP contribution is 2.25. The third kappa shape index (κ3) is 9.13. The number of guanidine groups is 1. The molecule has 3 heterocycles. The van der Waals surface area contributed by atoms with Gasteiger partial charge in [0.05, 0.1) is 19.3 Å². The molecular weight excluding hydrogens is 523 g/mol. The molecule has 1 aromatic rings. The lowest BCUT2D eigenvalue weighted by atomic mass is 10.2. The predicted molar refractivity (Wildman–Crippen MR) is 142 cm³/mol. The van der Waals surface area contributed by atoms with Crippen LogP contribution in [-0.2, 0) is 4.74 Å². The first-order valence-corrected chi connectivity index (χ1v) is 12.4. The molecule has 0 radical (unpaired) electrons. The van der Waals surface area contributed by atoms with Gasteiger partial charge in [-0.05, 0) is 37.4 Å². The highest BCUT2D eigenvalue weighted by molar-refractivity contribution is 14.0. The molecule has 0 amide bonds. The van der Waals surface area contributed by atoms with Gasteiger partial charge in [0.1, 0.15) is 0 Å². The minimum atomic E-state index is 0. The summed E-state index contributed by atoms with van der Waals surface area (Å²) >= 11 is 1.83. The number of piperazine rings is 1. The quantitative estimate of drug-likeness (QED) is 0.197. The molecule has 1 unspecified atom stereocenters. The average molecular weight is 565 g/mol. The topological polar surface area (TPSA) is 55.4 Å². The second-order valence-electron chi connectivity index (χ2n) is 8.04. The maximum Gasteiger partial charge on any atom is 0.191 e. The molecule has 0 aromatic carbocycles. The fourth-order valence-electron chi connectivity index (χ4n) is 4.19. The molecular formula is C22H41IN6OS. The maximum absolute atomic E-state index is 5.54. The molecule has 1 atom stereocenters. The number of nitrogens with one attached hydrogen (secondary N) is 2. The number of likely N-dealkylation sites (N-methyl/N-ethyl adjacent to an activating group) is 1. The molecule has 2 aliphatic rings. The Hall–Kier alpha value is -0.460. The summed E-state index contributed by atoms with van der Waals surface area (Å²) in [6.07, 6.45) is 2.41. The largest absolute Gasteiger partial charge is 0.379 e. The number of rotatable bonds is 10. The normalized spacial score (nSPS) is 20.3. The Labute approximate surface area is 209 Å². The molecule has 7 nitrogen and oxygen atoms in total. The van der Waals surface area contributed by atoms with Gasteiger partial charge in [0, 0.05) is 64.3 Å². The molecule has 3 rings (SSSR count). The first kappa shape index (κ1) is 26.8. The molecule has 31 heavy (non-hydrogen) atoms. The van der Waals surface area contributed by atoms with Crippen molar-refractivity contribution in [2.45, 2.75) is 25.8 Å². The van der Waals surface area contributed by atoms with E-state index in [4.69, 9.17) is 4.74 Å². The van der Waals surface area contributed by atoms with Crippen LogP contribution < -0.4 is 10.6 Å². The van der Waals surface area contributed by atoms with Gasteiger partial charge in [-0.25, -0.2) is 0 Å². The van der Waals surface area contributed by atoms with Crippen LogP contribution in [0.4, 0.5) is 0 Å². The zero-order chi connectivity index (χ0) is 21.0. The van der Waals surface area contributed by atoms with Gasteiger partial charge in [0.2, 0.25) is 0 Å². The van der Waals surface area contributed by atoms with Crippen molar-refractivity contribution in [1.29, 1.82) is 0 Å². The van der Waals surface area contributed by atoms with E-state index >= 15 is 0 Å². The Bertz CT molecular complexity index is 603. The van der Waals surface area contributed by atoms with E-state index < -0.39 is 0 Å². The molecule has 2 fully saturated rings. The van der Waals surface area contributed by atoms with Gasteiger partial charge in [-0.2, -0.15) is 0 Å². The van der Waals surface area contributed by atoms with E-state index in [-0.39, 0.29) is 24.0 Å². The van der Waals surface area contributed by atoms with E-state index in [1.165, 1.54) is 57.0 Å². The van der Waals surface area contributed by atoms with Crippen LogP contribution in [0.2, 0.25) is 0 Å². The zero-order valence-corrected chi connectivity index (χ0v) is 22.4. The summed E-state index contributed by atoms with van der Waals surface area (Å²) < 4.78 is 5.54. The number of ether oxygens (including phenoxy) is 1. The van der Waals surface area contributed by atoms with E-state index in [0.29, 0.717) is 6.04 Å². The van der Waals surface area contributed by atoms with Crippen LogP contribution in [0.25, 0.3) is 0 Å². The van der Waals surface area contributed by atoms with Crippen LogP contribution >= 0.6 is 35.3 Å². The second-order valence-corrected chi connectivity index (χ2v) is 9.02. The number of halogens is 1. The van der Waals surface area contributed by atoms with Crippen LogP contribution in [0.3, 0.4) is 0 Å². The first-order valence-electron chi connectivity index (χ1n) is 11.5. The van der Waals surface area contributed by atoms with Crippen molar-refractivity contribution in [2.75, 3.05) is 85.7 Å². The van der Waals surface area contributed by atoms with Crippen molar-refractivity contribution < 1.29 is 4.74 Å². The monoisotopic (exact) mass is 564 g/mol. The molecule has 0 saturated carbocycles. The highest BCUT2D eigenvalue weighted by atomic mass is 127. The molecule has 1 aromatic heterocycles. The number of aliphatic imine (C=N–C) groups is 1. The zero-order valence-electron chi connectivity index (χ0n) is 19.2. The summed E-state index contributed by atoms with van der Waals surface area (Å²) in [6.45, 7) is 15.0. The molecule has 0 bridgehead atoms. The van der Waals surface area contributed by atoms with Gasteiger partial charge < -0.3 is 25.2 Å². The van der Waals surface area contributed by atoms with Crippen LogP contribution in [0.1, 0.15) is 30.7 Å². The van der Waals surface area contributed by atoms with Crippen LogP contribution in [0.15, 0.2) is 22.5 Å². The molecule has 2 aliphatic heterocycles. The van der Waals surface area contributed by atoms with Crippen molar-refractivity contribution in [3.8, 4) is 0 Å². The SMILES string of the molecule is CCN1CCN(CCCCNC(=NC)NCC(c2cccs2)N2CCOCC2)CC1.I. The summed E-state index contributed by atoms with van der Waals surface area (Å²) in [7, 11) is 1.86. The summed E-state index contributed by atoms with van der Waals surface area (Å²) in [4.78, 5) is 13.5. The fourth-order valence-corrected chi connectivity index (χ4v) is 5.05. The number of hydrogen-bond donors (Lipinski definition) is 2. The van der Waals surface area contributed by atoms with Crippen molar-refractivity contribution in [1.82, 2.24) is 25.3 Å². The van der Waals surface area contributed by atoms with E-state index in [2.05, 4.69) is 54.8 Å². The number of morpholine rings is 1. The van der Waals surface area contributed by atoms with Gasteiger partial charge >= 0.3 is 0 Å². The number of nitrogens with zero attached hydrogens (tertiary/aromatic N) is 4. The minimum Gasteiger partial charge on any atom is -0.379 e. The summed E-state index contributed by atoms with van der Waals surface area (Å²) in [5.74, 6) is 0.904. The smallest absolute Gasteiger partial charge is 0.191 e. The molecule has 0 spiro atoms. The maximum atomic E-state index is 5.54. The second kappa shape index (κ2) is 15.4. The molecule has 2 N–H and O–H groups in total. The summed E-state index contributed by atoms with van der Waals surface area (Å²) in [6, 6.07) is 4.75. The number of unbranched alkanes of at least 4 members (excludes halogenated alkanes) is 1. The van der Waals surface area contributed by atoms with Gasteiger partial charge in [0.15, 0.2) is 5.96 Å². The Kier molecular flexibility index (Phi) is 13.3. The van der Waals surface area contributed by atoms with E-state index in [1.807, 2.05) is 18.4 Å². The van der Waals surface area contributed by atoms with E-state index in [9.17, 15) is 0 Å². The van der Waals surface area contributed by atoms with Crippen molar-refractivity contribution >= 4 is 41.3 Å². The third-order valence-corrected chi connectivity index (χ3v) is 7.12. The van der Waals surface area contributed by atoms with Crippen molar-refractivity contribution in [2.24, 2.45) is 4.99 Å². The summed E-state index contributed by atoms with van der Waals surface area (Å²) in [5.41, 5.74) is 0. The van der Waals surface area contributed by atoms with E-state index in [0.717, 1.165) is 45.4 Å². The van der Waals surface area contributed by atoms with Crippen molar-refractivity contribution in [3.05, 3.63) is 22.4 Å². The van der Waals surface area contributed by atoms with Gasteiger partial charge in [-0.15, -0.1) is 35.3 Å². The lowest BCUT2D eigenvalue weighted by molar-refractivity contribution is 0.0177. The highest BCUT2D eigenvalue weighted by Gasteiger charge is 2.23. The predicted octanol–water partition coefficient (Wildman–Crippen LogP) is 2.32. The number of hydrogen-bond acceptors (Lipinski definition) is 6. The first-order chi connectivity index (χ1) is 14.8. The Morgan fingerprint density at radius 2 is 1.84 bits per heavy atom. The Morgan fingerprint density at radius 3 is 2.48 bits per heavy atom. The number of thiophene rings is 1. The molecule has 178 valence electrons. The van der Waals surface area contributed by atoms with Gasteiger partial charge in [0.25, 0.3) is 0 Å². The van der Waals surface area contributed by atoms with Gasteiger partial charge in [-0.3, -0.25) is 9.89 Å². The van der Waals surface area contributed by atoms with Crippen molar-refractivity contribution in [3.63, 3.8) is 0 Å². The molecule has 0 aliphatic carbocycles. The Balaban J connectivity index is 0.00000341. The third-order valence-electron chi connectivity index (χ3n) is 6.15. The standard InChI is InChI=1S/C22H40N6OS.HI/c1-3-26-10-12-27(13-11-26)9-5-4-8-24-22(23-2)25-19-20(21-7-6-18-30-21)28-14-16-29-17-15-28;/h6-7,18,20H,3-5,8-17,19H2,1-2H3,(H2,23,24,25);1H.